The second kappa shape index (κ2) is 9.93. The van der Waals surface area contributed by atoms with Gasteiger partial charge in [0.25, 0.3) is 0 Å². The summed E-state index contributed by atoms with van der Waals surface area (Å²) in [6.07, 6.45) is 8.12. The van der Waals surface area contributed by atoms with Crippen molar-refractivity contribution in [1.29, 1.82) is 0 Å². The Kier molecular flexibility index (Phi) is 7.08. The molecule has 3 heterocycles. The Morgan fingerprint density at radius 3 is 2.55 bits per heavy atom. The summed E-state index contributed by atoms with van der Waals surface area (Å²) in [4.78, 5) is 16.7. The molecule has 4 aromatic rings. The lowest BCUT2D eigenvalue weighted by Gasteiger charge is -2.04. The molecule has 0 radical (unpaired) electrons. The summed E-state index contributed by atoms with van der Waals surface area (Å²) < 4.78 is 2.12. The number of aromatic amines is 1. The van der Waals surface area contributed by atoms with Crippen LogP contribution in [0.3, 0.4) is 0 Å². The number of aryl methyl sites for hydroxylation is 1. The van der Waals surface area contributed by atoms with Crippen LogP contribution in [0, 0.1) is 0 Å². The number of carbonyl (C=O) groups excluding carboxylic acids is 1. The van der Waals surface area contributed by atoms with Crippen molar-refractivity contribution in [1.82, 2.24) is 15.2 Å². The second-order valence-corrected chi connectivity index (χ2v) is 6.68. The molecule has 6 nitrogen and oxygen atoms in total. The van der Waals surface area contributed by atoms with Gasteiger partial charge in [-0.15, -0.1) is 0 Å². The number of carbonyl (C=O) groups is 1. The van der Waals surface area contributed by atoms with Gasteiger partial charge in [-0.3, -0.25) is 9.89 Å². The zero-order valence-electron chi connectivity index (χ0n) is 15.9. The summed E-state index contributed by atoms with van der Waals surface area (Å²) in [7, 11) is 0. The van der Waals surface area contributed by atoms with Crippen LogP contribution in [0.15, 0.2) is 73.2 Å². The highest BCUT2D eigenvalue weighted by Gasteiger charge is 2.11. The molecular formula is C22H22BrN5O. The third kappa shape index (κ3) is 5.26. The van der Waals surface area contributed by atoms with E-state index in [0.717, 1.165) is 35.9 Å². The van der Waals surface area contributed by atoms with E-state index in [1.165, 1.54) is 0 Å². The fourth-order valence-electron chi connectivity index (χ4n) is 3.15. The van der Waals surface area contributed by atoms with E-state index in [2.05, 4.69) is 25.1 Å². The van der Waals surface area contributed by atoms with Gasteiger partial charge in [-0.2, -0.15) is 5.10 Å². The van der Waals surface area contributed by atoms with Crippen molar-refractivity contribution < 1.29 is 26.3 Å². The first-order valence-corrected chi connectivity index (χ1v) is 9.43. The summed E-state index contributed by atoms with van der Waals surface area (Å²) in [6.45, 7) is 0.908. The van der Waals surface area contributed by atoms with Crippen LogP contribution in [-0.4, -0.2) is 21.1 Å². The van der Waals surface area contributed by atoms with Crippen molar-refractivity contribution in [3.05, 3.63) is 73.2 Å². The average molecular weight is 452 g/mol. The predicted octanol–water partition coefficient (Wildman–Crippen LogP) is 0.725. The van der Waals surface area contributed by atoms with Gasteiger partial charge >= 0.3 is 0 Å². The smallest absolute Gasteiger partial charge is 0.225 e. The molecule has 7 heteroatoms. The number of nitrogens with zero attached hydrogens (tertiary/aromatic N) is 3. The molecule has 0 aliphatic rings. The van der Waals surface area contributed by atoms with E-state index < -0.39 is 0 Å². The third-order valence-electron chi connectivity index (χ3n) is 4.63. The normalized spacial score (nSPS) is 10.5. The van der Waals surface area contributed by atoms with Gasteiger partial charge in [0.05, 0.1) is 5.39 Å². The lowest BCUT2D eigenvalue weighted by atomic mass is 10.1. The minimum absolute atomic E-state index is 0. The van der Waals surface area contributed by atoms with Crippen LogP contribution in [0.25, 0.3) is 22.2 Å². The lowest BCUT2D eigenvalue weighted by molar-refractivity contribution is -0.697. The standard InChI is InChI=1S/C22H21N5O.BrH/c28-20(11-5-8-14-27-12-6-2-7-13-27)24-22-19-15-18(16-23-21(19)25-26-22)17-9-3-1-4-10-17;/h1-4,6-7,9-10,12-13,15-16H,5,8,11,14H2,(H-,23,24,25,26,28);1H. The largest absolute Gasteiger partial charge is 1.00 e. The van der Waals surface area contributed by atoms with E-state index in [1.54, 1.807) is 6.20 Å². The van der Waals surface area contributed by atoms with Crippen LogP contribution in [0.1, 0.15) is 19.3 Å². The van der Waals surface area contributed by atoms with Gasteiger partial charge in [0.15, 0.2) is 18.0 Å². The zero-order chi connectivity index (χ0) is 19.2. The fraction of sp³-hybridized carbons (Fsp3) is 0.182. The summed E-state index contributed by atoms with van der Waals surface area (Å²) in [6, 6.07) is 18.0. The van der Waals surface area contributed by atoms with Crippen molar-refractivity contribution in [3.63, 3.8) is 0 Å². The van der Waals surface area contributed by atoms with Crippen molar-refractivity contribution in [2.75, 3.05) is 5.32 Å². The number of rotatable bonds is 7. The quantitative estimate of drug-likeness (QED) is 0.321. The monoisotopic (exact) mass is 451 g/mol. The number of pyridine rings is 2. The van der Waals surface area contributed by atoms with Crippen LogP contribution >= 0.6 is 0 Å². The van der Waals surface area contributed by atoms with Crippen LogP contribution in [0.5, 0.6) is 0 Å². The van der Waals surface area contributed by atoms with Crippen LogP contribution in [0.4, 0.5) is 5.82 Å². The SMILES string of the molecule is O=C(CCCC[n+]1ccccc1)Nc1[nH]nc2ncc(-c3ccccc3)cc12.[Br-]. The van der Waals surface area contributed by atoms with Crippen molar-refractivity contribution >= 4 is 22.8 Å². The van der Waals surface area contributed by atoms with Crippen LogP contribution in [-0.2, 0) is 11.3 Å². The van der Waals surface area contributed by atoms with Gasteiger partial charge in [-0.25, -0.2) is 9.55 Å². The Labute approximate surface area is 179 Å². The molecule has 0 atom stereocenters. The average Bonchev–Trinajstić information content (AvgIpc) is 3.14. The molecule has 0 unspecified atom stereocenters. The number of H-pyrrole nitrogens is 1. The molecule has 29 heavy (non-hydrogen) atoms. The summed E-state index contributed by atoms with van der Waals surface area (Å²) in [5.41, 5.74) is 2.66. The summed E-state index contributed by atoms with van der Waals surface area (Å²) >= 11 is 0. The molecule has 4 rings (SSSR count). The molecule has 0 saturated heterocycles. The minimum atomic E-state index is -0.0197. The van der Waals surface area contributed by atoms with Crippen LogP contribution < -0.4 is 26.9 Å². The molecule has 1 amide bonds. The second-order valence-electron chi connectivity index (χ2n) is 6.68. The van der Waals surface area contributed by atoms with Crippen molar-refractivity contribution in [2.45, 2.75) is 25.8 Å². The minimum Gasteiger partial charge on any atom is -1.00 e. The van der Waals surface area contributed by atoms with Gasteiger partial charge in [0, 0.05) is 36.7 Å². The number of hydrogen-bond donors (Lipinski definition) is 2. The maximum absolute atomic E-state index is 12.3. The molecule has 2 N–H and O–H groups in total. The summed E-state index contributed by atoms with van der Waals surface area (Å²) in [5, 5.41) is 10.8. The third-order valence-corrected chi connectivity index (χ3v) is 4.63. The number of aromatic nitrogens is 4. The number of anilines is 1. The molecule has 0 aliphatic heterocycles. The van der Waals surface area contributed by atoms with E-state index in [9.17, 15) is 4.79 Å². The first kappa shape index (κ1) is 20.7. The molecule has 0 fully saturated rings. The fourth-order valence-corrected chi connectivity index (χ4v) is 3.15. The van der Waals surface area contributed by atoms with Gasteiger partial charge in [-0.05, 0) is 18.1 Å². The first-order valence-electron chi connectivity index (χ1n) is 9.43. The molecule has 0 bridgehead atoms. The van der Waals surface area contributed by atoms with E-state index >= 15 is 0 Å². The van der Waals surface area contributed by atoms with Gasteiger partial charge in [-0.1, -0.05) is 36.4 Å². The van der Waals surface area contributed by atoms with E-state index in [1.807, 2.05) is 67.0 Å². The van der Waals surface area contributed by atoms with Crippen molar-refractivity contribution in [2.24, 2.45) is 0 Å². The Bertz CT molecular complexity index is 1070. The Morgan fingerprint density at radius 2 is 1.76 bits per heavy atom. The first-order chi connectivity index (χ1) is 13.8. The van der Waals surface area contributed by atoms with E-state index in [4.69, 9.17) is 0 Å². The highest BCUT2D eigenvalue weighted by Crippen LogP contribution is 2.25. The highest BCUT2D eigenvalue weighted by molar-refractivity contribution is 5.99. The molecule has 0 spiro atoms. The molecular weight excluding hydrogens is 430 g/mol. The topological polar surface area (TPSA) is 74.5 Å². The zero-order valence-corrected chi connectivity index (χ0v) is 17.5. The lowest BCUT2D eigenvalue weighted by Crippen LogP contribution is -3.00. The Morgan fingerprint density at radius 1 is 1.00 bits per heavy atom. The van der Waals surface area contributed by atoms with Gasteiger partial charge in [0.2, 0.25) is 5.91 Å². The van der Waals surface area contributed by atoms with Crippen molar-refractivity contribution in [3.8, 4) is 11.1 Å². The Hall–Kier alpha value is -3.06. The number of halogens is 1. The van der Waals surface area contributed by atoms with Gasteiger partial charge in [0.1, 0.15) is 12.4 Å². The molecule has 0 saturated carbocycles. The molecule has 3 aromatic heterocycles. The maximum atomic E-state index is 12.3. The molecule has 148 valence electrons. The van der Waals surface area contributed by atoms with Crippen LogP contribution in [0.2, 0.25) is 0 Å². The molecule has 0 aliphatic carbocycles. The number of benzene rings is 1. The predicted molar refractivity (Wildman–Crippen MR) is 108 cm³/mol. The number of unbranched alkanes of at least 4 members (excludes halogenated alkanes) is 1. The van der Waals surface area contributed by atoms with E-state index in [-0.39, 0.29) is 22.9 Å². The number of amides is 1. The number of nitrogens with one attached hydrogen (secondary N) is 2. The highest BCUT2D eigenvalue weighted by atomic mass is 79.9. The Balaban J connectivity index is 0.00000240. The molecule has 1 aromatic carbocycles. The van der Waals surface area contributed by atoms with Gasteiger partial charge < -0.3 is 22.3 Å². The summed E-state index contributed by atoms with van der Waals surface area (Å²) in [5.74, 6) is 0.580. The number of fused-ring (bicyclic) bond motifs is 1. The van der Waals surface area contributed by atoms with E-state index in [0.29, 0.717) is 17.9 Å². The number of hydrogen-bond acceptors (Lipinski definition) is 3. The maximum Gasteiger partial charge on any atom is 0.225 e.